The van der Waals surface area contributed by atoms with E-state index in [1.807, 2.05) is 0 Å². The summed E-state index contributed by atoms with van der Waals surface area (Å²) in [6, 6.07) is 6.42. The molecule has 1 heterocycles. The molecule has 0 saturated heterocycles. The Kier molecular flexibility index (Phi) is 7.14. The smallest absolute Gasteiger partial charge is 0.220 e. The number of benzene rings is 1. The Balaban J connectivity index is 1.75. The number of para-hydroxylation sites is 1. The van der Waals surface area contributed by atoms with Gasteiger partial charge in [-0.3, -0.25) is 4.79 Å². The second kappa shape index (κ2) is 9.36. The van der Waals surface area contributed by atoms with Crippen molar-refractivity contribution in [1.29, 1.82) is 0 Å². The molecule has 0 aliphatic rings. The number of aromatic amines is 1. The van der Waals surface area contributed by atoms with Crippen LogP contribution in [0.3, 0.4) is 0 Å². The predicted octanol–water partition coefficient (Wildman–Crippen LogP) is 3.30. The van der Waals surface area contributed by atoms with Gasteiger partial charge in [0.2, 0.25) is 5.91 Å². The highest BCUT2D eigenvalue weighted by Gasteiger charge is 2.07. The minimum Gasteiger partial charge on any atom is -0.361 e. The van der Waals surface area contributed by atoms with Crippen molar-refractivity contribution in [3.8, 4) is 0 Å². The number of fused-ring (bicyclic) bond motifs is 1. The number of hydrogen-bond acceptors (Lipinski definition) is 2. The molecular formula is C19H29N3O. The molecule has 0 unspecified atom stereocenters. The van der Waals surface area contributed by atoms with Crippen LogP contribution >= 0.6 is 0 Å². The first-order valence-corrected chi connectivity index (χ1v) is 8.81. The monoisotopic (exact) mass is 315 g/mol. The van der Waals surface area contributed by atoms with Gasteiger partial charge in [0.1, 0.15) is 0 Å². The molecular weight excluding hydrogens is 286 g/mol. The van der Waals surface area contributed by atoms with Crippen LogP contribution in [0.4, 0.5) is 0 Å². The van der Waals surface area contributed by atoms with Gasteiger partial charge < -0.3 is 16.0 Å². The lowest BCUT2D eigenvalue weighted by atomic mass is 10.1. The van der Waals surface area contributed by atoms with E-state index >= 15 is 0 Å². The van der Waals surface area contributed by atoms with Crippen molar-refractivity contribution in [2.24, 2.45) is 5.73 Å². The van der Waals surface area contributed by atoms with Gasteiger partial charge in [0, 0.05) is 30.1 Å². The number of aryl methyl sites for hydroxylation is 1. The van der Waals surface area contributed by atoms with E-state index in [2.05, 4.69) is 41.6 Å². The molecule has 0 atom stereocenters. The molecule has 0 bridgehead atoms. The summed E-state index contributed by atoms with van der Waals surface area (Å²) in [5.74, 6) is 0.159. The van der Waals surface area contributed by atoms with E-state index in [1.54, 1.807) is 0 Å². The van der Waals surface area contributed by atoms with Gasteiger partial charge in [-0.05, 0) is 43.4 Å². The van der Waals surface area contributed by atoms with Gasteiger partial charge in [0.15, 0.2) is 0 Å². The number of unbranched alkanes of at least 4 members (excludes halogenated alkanes) is 3. The molecule has 23 heavy (non-hydrogen) atoms. The molecule has 0 aliphatic carbocycles. The Morgan fingerprint density at radius 3 is 2.78 bits per heavy atom. The minimum atomic E-state index is 0.159. The minimum absolute atomic E-state index is 0.159. The van der Waals surface area contributed by atoms with E-state index in [1.165, 1.54) is 22.0 Å². The average Bonchev–Trinajstić information content (AvgIpc) is 2.98. The Bertz CT molecular complexity index is 618. The zero-order valence-corrected chi connectivity index (χ0v) is 14.2. The van der Waals surface area contributed by atoms with Gasteiger partial charge in [-0.1, -0.05) is 38.0 Å². The summed E-state index contributed by atoms with van der Waals surface area (Å²) in [5.41, 5.74) is 9.31. The summed E-state index contributed by atoms with van der Waals surface area (Å²) in [7, 11) is 0. The molecule has 0 radical (unpaired) electrons. The fourth-order valence-electron chi connectivity index (χ4n) is 2.99. The van der Waals surface area contributed by atoms with Gasteiger partial charge >= 0.3 is 0 Å². The van der Waals surface area contributed by atoms with Gasteiger partial charge in [-0.25, -0.2) is 0 Å². The molecule has 1 aromatic carbocycles. The fourth-order valence-corrected chi connectivity index (χ4v) is 2.99. The summed E-state index contributed by atoms with van der Waals surface area (Å²) in [5, 5.41) is 4.31. The van der Waals surface area contributed by atoms with E-state index in [9.17, 15) is 4.79 Å². The molecule has 0 aliphatic heterocycles. The first-order valence-electron chi connectivity index (χ1n) is 8.81. The highest BCUT2D eigenvalue weighted by molar-refractivity contribution is 5.86. The lowest BCUT2D eigenvalue weighted by Gasteiger charge is -2.05. The largest absolute Gasteiger partial charge is 0.361 e. The standard InChI is InChI=1S/C19H29N3O/c1-2-15-8-7-9-17-16(14-22-19(15)17)11-13-21-18(23)10-5-3-4-6-12-20/h7-9,14,22H,2-6,10-13,20H2,1H3,(H,21,23). The number of hydrogen-bond donors (Lipinski definition) is 3. The maximum absolute atomic E-state index is 11.8. The molecule has 1 amide bonds. The van der Waals surface area contributed by atoms with Crippen LogP contribution < -0.4 is 11.1 Å². The first kappa shape index (κ1) is 17.5. The highest BCUT2D eigenvalue weighted by Crippen LogP contribution is 2.22. The van der Waals surface area contributed by atoms with Crippen molar-refractivity contribution in [2.75, 3.05) is 13.1 Å². The second-order valence-corrected chi connectivity index (χ2v) is 6.06. The number of amides is 1. The summed E-state index contributed by atoms with van der Waals surface area (Å²) >= 11 is 0. The number of H-pyrrole nitrogens is 1. The summed E-state index contributed by atoms with van der Waals surface area (Å²) in [6.07, 6.45) is 8.82. The number of rotatable bonds is 10. The number of nitrogens with two attached hydrogens (primary N) is 1. The van der Waals surface area contributed by atoms with Crippen LogP contribution in [0.5, 0.6) is 0 Å². The maximum Gasteiger partial charge on any atom is 0.220 e. The van der Waals surface area contributed by atoms with E-state index in [0.717, 1.165) is 45.1 Å². The van der Waals surface area contributed by atoms with Crippen LogP contribution in [0.25, 0.3) is 10.9 Å². The number of nitrogens with one attached hydrogen (secondary N) is 2. The van der Waals surface area contributed by atoms with Crippen LogP contribution in [0.15, 0.2) is 24.4 Å². The van der Waals surface area contributed by atoms with Crippen LogP contribution in [-0.2, 0) is 17.6 Å². The molecule has 0 spiro atoms. The van der Waals surface area contributed by atoms with Crippen LogP contribution in [0.2, 0.25) is 0 Å². The van der Waals surface area contributed by atoms with Crippen molar-refractivity contribution in [3.05, 3.63) is 35.5 Å². The van der Waals surface area contributed by atoms with Crippen LogP contribution in [-0.4, -0.2) is 24.0 Å². The highest BCUT2D eigenvalue weighted by atomic mass is 16.1. The van der Waals surface area contributed by atoms with E-state index in [0.29, 0.717) is 13.0 Å². The van der Waals surface area contributed by atoms with Crippen LogP contribution in [0, 0.1) is 0 Å². The summed E-state index contributed by atoms with van der Waals surface area (Å²) < 4.78 is 0. The molecule has 0 fully saturated rings. The molecule has 126 valence electrons. The van der Waals surface area contributed by atoms with Crippen molar-refractivity contribution >= 4 is 16.8 Å². The second-order valence-electron chi connectivity index (χ2n) is 6.06. The van der Waals surface area contributed by atoms with Gasteiger partial charge in [0.25, 0.3) is 0 Å². The van der Waals surface area contributed by atoms with E-state index in [-0.39, 0.29) is 5.91 Å². The fraction of sp³-hybridized carbons (Fsp3) is 0.526. The molecule has 4 heteroatoms. The SMILES string of the molecule is CCc1cccc2c(CCNC(=O)CCCCCCN)c[nH]c12. The third-order valence-corrected chi connectivity index (χ3v) is 4.34. The van der Waals surface area contributed by atoms with Crippen molar-refractivity contribution in [2.45, 2.75) is 51.9 Å². The Morgan fingerprint density at radius 1 is 1.17 bits per heavy atom. The third-order valence-electron chi connectivity index (χ3n) is 4.34. The molecule has 4 N–H and O–H groups in total. The van der Waals surface area contributed by atoms with Crippen molar-refractivity contribution in [3.63, 3.8) is 0 Å². The lowest BCUT2D eigenvalue weighted by Crippen LogP contribution is -2.25. The summed E-state index contributed by atoms with van der Waals surface area (Å²) in [4.78, 5) is 15.2. The van der Waals surface area contributed by atoms with Crippen molar-refractivity contribution in [1.82, 2.24) is 10.3 Å². The van der Waals surface area contributed by atoms with Crippen molar-refractivity contribution < 1.29 is 4.79 Å². The predicted molar refractivity (Wildman–Crippen MR) is 96.5 cm³/mol. The molecule has 2 aromatic rings. The Labute approximate surface area is 138 Å². The van der Waals surface area contributed by atoms with Gasteiger partial charge in [0.05, 0.1) is 0 Å². The zero-order valence-electron chi connectivity index (χ0n) is 14.2. The van der Waals surface area contributed by atoms with Gasteiger partial charge in [-0.2, -0.15) is 0 Å². The molecule has 1 aromatic heterocycles. The van der Waals surface area contributed by atoms with Crippen LogP contribution in [0.1, 0.15) is 50.2 Å². The Morgan fingerprint density at radius 2 is 2.00 bits per heavy atom. The average molecular weight is 315 g/mol. The third kappa shape index (κ3) is 5.10. The normalized spacial score (nSPS) is 11.0. The zero-order chi connectivity index (χ0) is 16.5. The van der Waals surface area contributed by atoms with E-state index < -0.39 is 0 Å². The van der Waals surface area contributed by atoms with E-state index in [4.69, 9.17) is 5.73 Å². The Hall–Kier alpha value is -1.81. The quantitative estimate of drug-likeness (QED) is 0.589. The molecule has 2 rings (SSSR count). The number of carbonyl (C=O) groups is 1. The maximum atomic E-state index is 11.8. The first-order chi connectivity index (χ1) is 11.3. The number of carbonyl (C=O) groups excluding carboxylic acids is 1. The number of aromatic nitrogens is 1. The summed E-state index contributed by atoms with van der Waals surface area (Å²) in [6.45, 7) is 3.62. The van der Waals surface area contributed by atoms with Gasteiger partial charge in [-0.15, -0.1) is 0 Å². The molecule has 4 nitrogen and oxygen atoms in total. The molecule has 0 saturated carbocycles. The topological polar surface area (TPSA) is 70.9 Å². The lowest BCUT2D eigenvalue weighted by molar-refractivity contribution is -0.121.